The van der Waals surface area contributed by atoms with E-state index in [0.717, 1.165) is 16.1 Å². The number of halogens is 3. The predicted octanol–water partition coefficient (Wildman–Crippen LogP) is 4.74. The number of nitrogens with zero attached hydrogens (tertiary/aromatic N) is 1. The standard InChI is InChI=1S/C16H11F3N2OS/c17-16(18,19)22-11-7-5-10(6-8-11)15-14(9-20)23-13-4-2-1-3-12(13)21-15/h1-8,14-15,21H. The van der Waals surface area contributed by atoms with E-state index in [-0.39, 0.29) is 17.0 Å². The van der Waals surface area contributed by atoms with Crippen LogP contribution < -0.4 is 10.1 Å². The molecule has 2 unspecified atom stereocenters. The van der Waals surface area contributed by atoms with Gasteiger partial charge in [-0.1, -0.05) is 24.3 Å². The summed E-state index contributed by atoms with van der Waals surface area (Å²) < 4.78 is 40.5. The minimum absolute atomic E-state index is 0.279. The molecule has 0 aliphatic carbocycles. The molecule has 118 valence electrons. The van der Waals surface area contributed by atoms with E-state index in [9.17, 15) is 18.4 Å². The Morgan fingerprint density at radius 2 is 1.78 bits per heavy atom. The molecule has 23 heavy (non-hydrogen) atoms. The number of rotatable bonds is 2. The van der Waals surface area contributed by atoms with Crippen molar-refractivity contribution in [2.24, 2.45) is 0 Å². The highest BCUT2D eigenvalue weighted by molar-refractivity contribution is 8.00. The summed E-state index contributed by atoms with van der Waals surface area (Å²) in [6, 6.07) is 15.1. The smallest absolute Gasteiger partial charge is 0.406 e. The lowest BCUT2D eigenvalue weighted by atomic mass is 10.0. The molecule has 2 aromatic rings. The molecule has 2 atom stereocenters. The molecule has 0 radical (unpaired) electrons. The van der Waals surface area contributed by atoms with Crippen LogP contribution in [0.1, 0.15) is 11.6 Å². The van der Waals surface area contributed by atoms with Crippen LogP contribution >= 0.6 is 11.8 Å². The number of fused-ring (bicyclic) bond motifs is 1. The molecule has 1 aliphatic heterocycles. The molecule has 1 heterocycles. The summed E-state index contributed by atoms with van der Waals surface area (Å²) in [6.07, 6.45) is -4.71. The molecule has 3 nitrogen and oxygen atoms in total. The van der Waals surface area contributed by atoms with Gasteiger partial charge in [-0.2, -0.15) is 5.26 Å². The average molecular weight is 336 g/mol. The third-order valence-corrected chi connectivity index (χ3v) is 4.60. The maximum Gasteiger partial charge on any atom is 0.573 e. The summed E-state index contributed by atoms with van der Waals surface area (Å²) >= 11 is 1.44. The summed E-state index contributed by atoms with van der Waals surface area (Å²) in [6.45, 7) is 0. The Bertz CT molecular complexity index is 740. The van der Waals surface area contributed by atoms with Crippen molar-refractivity contribution in [2.45, 2.75) is 22.5 Å². The maximum atomic E-state index is 12.2. The van der Waals surface area contributed by atoms with E-state index in [4.69, 9.17) is 0 Å². The highest BCUT2D eigenvalue weighted by Gasteiger charge is 2.32. The second-order valence-electron chi connectivity index (χ2n) is 4.90. The molecule has 0 spiro atoms. The number of hydrogen-bond donors (Lipinski definition) is 1. The molecule has 0 fully saturated rings. The quantitative estimate of drug-likeness (QED) is 0.861. The zero-order valence-corrected chi connectivity index (χ0v) is 12.5. The fourth-order valence-electron chi connectivity index (χ4n) is 2.37. The fraction of sp³-hybridized carbons (Fsp3) is 0.188. The number of thioether (sulfide) groups is 1. The molecule has 0 saturated heterocycles. The Morgan fingerprint density at radius 1 is 1.09 bits per heavy atom. The summed E-state index contributed by atoms with van der Waals surface area (Å²) in [5.41, 5.74) is 1.64. The second kappa shape index (κ2) is 6.05. The first-order chi connectivity index (χ1) is 11.0. The molecule has 0 aromatic heterocycles. The van der Waals surface area contributed by atoms with Crippen LogP contribution in [0.25, 0.3) is 0 Å². The molecule has 0 saturated carbocycles. The van der Waals surface area contributed by atoms with Gasteiger partial charge in [0.2, 0.25) is 0 Å². The normalized spacial score (nSPS) is 20.1. The van der Waals surface area contributed by atoms with Crippen molar-refractivity contribution < 1.29 is 17.9 Å². The minimum Gasteiger partial charge on any atom is -0.406 e. The van der Waals surface area contributed by atoms with Crippen LogP contribution in [0, 0.1) is 11.3 Å². The number of anilines is 1. The van der Waals surface area contributed by atoms with Crippen molar-refractivity contribution in [3.63, 3.8) is 0 Å². The lowest BCUT2D eigenvalue weighted by Gasteiger charge is -2.30. The summed E-state index contributed by atoms with van der Waals surface area (Å²) in [5.74, 6) is -0.279. The number of alkyl halides is 3. The van der Waals surface area contributed by atoms with Gasteiger partial charge in [-0.05, 0) is 29.8 Å². The zero-order chi connectivity index (χ0) is 16.4. The average Bonchev–Trinajstić information content (AvgIpc) is 2.53. The maximum absolute atomic E-state index is 12.2. The van der Waals surface area contributed by atoms with Crippen LogP contribution in [0.3, 0.4) is 0 Å². The van der Waals surface area contributed by atoms with Gasteiger partial charge in [0.15, 0.2) is 0 Å². The fourth-order valence-corrected chi connectivity index (χ4v) is 3.47. The molecule has 0 bridgehead atoms. The molecular formula is C16H11F3N2OS. The first-order valence-electron chi connectivity index (χ1n) is 6.74. The lowest BCUT2D eigenvalue weighted by Crippen LogP contribution is -2.25. The molecule has 0 amide bonds. The van der Waals surface area contributed by atoms with Crippen molar-refractivity contribution in [1.82, 2.24) is 0 Å². The van der Waals surface area contributed by atoms with Crippen molar-refractivity contribution in [1.29, 1.82) is 5.26 Å². The summed E-state index contributed by atoms with van der Waals surface area (Å²) in [7, 11) is 0. The minimum atomic E-state index is -4.71. The van der Waals surface area contributed by atoms with Gasteiger partial charge in [-0.25, -0.2) is 0 Å². The Labute approximate surface area is 135 Å². The molecule has 1 N–H and O–H groups in total. The van der Waals surface area contributed by atoms with Gasteiger partial charge < -0.3 is 10.1 Å². The Balaban J connectivity index is 1.85. The van der Waals surface area contributed by atoms with Crippen molar-refractivity contribution in [3.05, 3.63) is 54.1 Å². The van der Waals surface area contributed by atoms with E-state index >= 15 is 0 Å². The second-order valence-corrected chi connectivity index (χ2v) is 6.09. The summed E-state index contributed by atoms with van der Waals surface area (Å²) in [5, 5.41) is 12.3. The van der Waals surface area contributed by atoms with E-state index in [1.807, 2.05) is 24.3 Å². The highest BCUT2D eigenvalue weighted by atomic mass is 32.2. The summed E-state index contributed by atoms with van der Waals surface area (Å²) in [4.78, 5) is 0.979. The lowest BCUT2D eigenvalue weighted by molar-refractivity contribution is -0.274. The van der Waals surface area contributed by atoms with Crippen LogP contribution in [0.5, 0.6) is 5.75 Å². The van der Waals surface area contributed by atoms with Crippen LogP contribution in [0.2, 0.25) is 0 Å². The van der Waals surface area contributed by atoms with Crippen molar-refractivity contribution >= 4 is 17.4 Å². The topological polar surface area (TPSA) is 45.0 Å². The van der Waals surface area contributed by atoms with Crippen LogP contribution in [-0.2, 0) is 0 Å². The van der Waals surface area contributed by atoms with Gasteiger partial charge in [0.05, 0.1) is 12.1 Å². The Hall–Kier alpha value is -2.33. The third kappa shape index (κ3) is 3.54. The first-order valence-corrected chi connectivity index (χ1v) is 7.62. The highest BCUT2D eigenvalue weighted by Crippen LogP contribution is 2.43. The first kappa shape index (κ1) is 15.6. The van der Waals surface area contributed by atoms with Crippen LogP contribution in [0.4, 0.5) is 18.9 Å². The van der Waals surface area contributed by atoms with Gasteiger partial charge in [-0.15, -0.1) is 24.9 Å². The molecule has 3 rings (SSSR count). The number of nitriles is 1. The Kier molecular flexibility index (Phi) is 4.09. The van der Waals surface area contributed by atoms with E-state index in [1.165, 1.54) is 36.0 Å². The van der Waals surface area contributed by atoms with Crippen molar-refractivity contribution in [3.8, 4) is 11.8 Å². The number of para-hydroxylation sites is 1. The van der Waals surface area contributed by atoms with Gasteiger partial charge >= 0.3 is 6.36 Å². The van der Waals surface area contributed by atoms with Crippen LogP contribution in [-0.4, -0.2) is 11.6 Å². The van der Waals surface area contributed by atoms with Gasteiger partial charge in [0, 0.05) is 10.6 Å². The van der Waals surface area contributed by atoms with E-state index < -0.39 is 6.36 Å². The van der Waals surface area contributed by atoms with Gasteiger partial charge in [0.25, 0.3) is 0 Å². The van der Waals surface area contributed by atoms with Gasteiger partial charge in [-0.3, -0.25) is 0 Å². The number of nitrogens with one attached hydrogen (secondary N) is 1. The van der Waals surface area contributed by atoms with Gasteiger partial charge in [0.1, 0.15) is 11.0 Å². The SMILES string of the molecule is N#CC1Sc2ccccc2NC1c1ccc(OC(F)(F)F)cc1. The third-order valence-electron chi connectivity index (χ3n) is 3.35. The zero-order valence-electron chi connectivity index (χ0n) is 11.7. The number of ether oxygens (including phenoxy) is 1. The van der Waals surface area contributed by atoms with E-state index in [0.29, 0.717) is 0 Å². The Morgan fingerprint density at radius 3 is 2.43 bits per heavy atom. The molecule has 1 aliphatic rings. The number of benzene rings is 2. The predicted molar refractivity (Wildman–Crippen MR) is 81.2 cm³/mol. The van der Waals surface area contributed by atoms with E-state index in [1.54, 1.807) is 0 Å². The molecule has 2 aromatic carbocycles. The van der Waals surface area contributed by atoms with Crippen LogP contribution in [0.15, 0.2) is 53.4 Å². The van der Waals surface area contributed by atoms with E-state index in [2.05, 4.69) is 16.1 Å². The van der Waals surface area contributed by atoms with Crippen molar-refractivity contribution in [2.75, 3.05) is 5.32 Å². The molecule has 7 heteroatoms. The molecular weight excluding hydrogens is 325 g/mol. The monoisotopic (exact) mass is 336 g/mol. The number of hydrogen-bond acceptors (Lipinski definition) is 4. The largest absolute Gasteiger partial charge is 0.573 e.